The maximum atomic E-state index is 13.0. The van der Waals surface area contributed by atoms with Crippen LogP contribution < -0.4 is 11.1 Å². The molecule has 1 aromatic carbocycles. The molecule has 114 valence electrons. The molecule has 5 heteroatoms. The molecule has 1 unspecified atom stereocenters. The first-order valence-corrected chi connectivity index (χ1v) is 6.59. The van der Waals surface area contributed by atoms with E-state index in [1.807, 2.05) is 26.8 Å². The van der Waals surface area contributed by atoms with Crippen molar-refractivity contribution in [1.29, 1.82) is 0 Å². The van der Waals surface area contributed by atoms with E-state index in [1.165, 1.54) is 12.1 Å². The summed E-state index contributed by atoms with van der Waals surface area (Å²) in [6.45, 7) is 6.06. The van der Waals surface area contributed by atoms with E-state index >= 15 is 0 Å². The Kier molecular flexibility index (Phi) is 7.76. The van der Waals surface area contributed by atoms with Crippen LogP contribution in [0, 0.1) is 11.7 Å². The van der Waals surface area contributed by atoms with Crippen molar-refractivity contribution in [3.05, 3.63) is 35.6 Å². The Morgan fingerprint density at radius 2 is 2.10 bits per heavy atom. The molecule has 1 aromatic rings. The van der Waals surface area contributed by atoms with Crippen molar-refractivity contribution < 1.29 is 9.18 Å². The average Bonchev–Trinajstić information content (AvgIpc) is 2.32. The van der Waals surface area contributed by atoms with Crippen LogP contribution >= 0.6 is 12.4 Å². The summed E-state index contributed by atoms with van der Waals surface area (Å²) >= 11 is 0. The molecular weight excluding hydrogens is 279 g/mol. The Morgan fingerprint density at radius 1 is 1.45 bits per heavy atom. The first-order chi connectivity index (χ1) is 8.78. The monoisotopic (exact) mass is 302 g/mol. The molecule has 1 atom stereocenters. The Morgan fingerprint density at radius 3 is 2.65 bits per heavy atom. The van der Waals surface area contributed by atoms with E-state index in [9.17, 15) is 9.18 Å². The van der Waals surface area contributed by atoms with Gasteiger partial charge in [-0.1, -0.05) is 19.1 Å². The minimum atomic E-state index is -0.405. The lowest BCUT2D eigenvalue weighted by Crippen LogP contribution is -2.46. The molecular formula is C15H24ClFN2O. The van der Waals surface area contributed by atoms with Gasteiger partial charge < -0.3 is 11.1 Å². The van der Waals surface area contributed by atoms with E-state index < -0.39 is 5.54 Å². The van der Waals surface area contributed by atoms with Crippen LogP contribution in [0.25, 0.3) is 0 Å². The maximum absolute atomic E-state index is 13.0. The van der Waals surface area contributed by atoms with Gasteiger partial charge in [0.1, 0.15) is 5.82 Å². The molecule has 1 rings (SSSR count). The molecule has 3 N–H and O–H groups in total. The van der Waals surface area contributed by atoms with Crippen LogP contribution in [0.5, 0.6) is 0 Å². The van der Waals surface area contributed by atoms with Crippen LogP contribution in [0.4, 0.5) is 4.39 Å². The molecule has 0 aliphatic heterocycles. The molecule has 0 heterocycles. The predicted molar refractivity (Wildman–Crippen MR) is 82.4 cm³/mol. The number of rotatable bonds is 6. The van der Waals surface area contributed by atoms with Crippen LogP contribution in [0.2, 0.25) is 0 Å². The van der Waals surface area contributed by atoms with Gasteiger partial charge in [-0.25, -0.2) is 4.39 Å². The minimum absolute atomic E-state index is 0. The van der Waals surface area contributed by atoms with Gasteiger partial charge >= 0.3 is 0 Å². The second kappa shape index (κ2) is 8.22. The first-order valence-electron chi connectivity index (χ1n) is 6.59. The summed E-state index contributed by atoms with van der Waals surface area (Å²) in [6, 6.07) is 6.49. The van der Waals surface area contributed by atoms with Gasteiger partial charge in [-0.2, -0.15) is 0 Å². The van der Waals surface area contributed by atoms with Crippen molar-refractivity contribution in [1.82, 2.24) is 5.32 Å². The SMILES string of the molecule is CC(CCc1cccc(F)c1)C(=O)NCC(C)(C)N.Cl. The standard InChI is InChI=1S/C15H23FN2O.ClH/c1-11(14(19)18-10-15(2,3)17)7-8-12-5-4-6-13(16)9-12;/h4-6,9,11H,7-8,10,17H2,1-3H3,(H,18,19);1H. The van der Waals surface area contributed by atoms with Gasteiger partial charge in [-0.3, -0.25) is 4.79 Å². The normalized spacial score (nSPS) is 12.4. The van der Waals surface area contributed by atoms with Crippen molar-refractivity contribution >= 4 is 18.3 Å². The summed E-state index contributed by atoms with van der Waals surface area (Å²) < 4.78 is 13.0. The zero-order chi connectivity index (χ0) is 14.5. The minimum Gasteiger partial charge on any atom is -0.354 e. The van der Waals surface area contributed by atoms with Gasteiger partial charge in [-0.05, 0) is 44.4 Å². The molecule has 0 aliphatic carbocycles. The zero-order valence-electron chi connectivity index (χ0n) is 12.3. The van der Waals surface area contributed by atoms with Crippen LogP contribution in [-0.2, 0) is 11.2 Å². The van der Waals surface area contributed by atoms with Gasteiger partial charge in [-0.15, -0.1) is 12.4 Å². The van der Waals surface area contributed by atoms with Crippen LogP contribution in [0.1, 0.15) is 32.8 Å². The summed E-state index contributed by atoms with van der Waals surface area (Å²) in [5, 5.41) is 2.83. The third kappa shape index (κ3) is 7.46. The van der Waals surface area contributed by atoms with Crippen molar-refractivity contribution in [2.75, 3.05) is 6.54 Å². The Balaban J connectivity index is 0.00000361. The number of halogens is 2. The maximum Gasteiger partial charge on any atom is 0.222 e. The highest BCUT2D eigenvalue weighted by Crippen LogP contribution is 2.11. The summed E-state index contributed by atoms with van der Waals surface area (Å²) in [6.07, 6.45) is 1.39. The predicted octanol–water partition coefficient (Wildman–Crippen LogP) is 2.67. The highest BCUT2D eigenvalue weighted by molar-refractivity contribution is 5.85. The van der Waals surface area contributed by atoms with Crippen LogP contribution in [0.15, 0.2) is 24.3 Å². The van der Waals surface area contributed by atoms with E-state index in [1.54, 1.807) is 6.07 Å². The Hall–Kier alpha value is -1.13. The number of carbonyl (C=O) groups excluding carboxylic acids is 1. The van der Waals surface area contributed by atoms with Crippen molar-refractivity contribution in [3.63, 3.8) is 0 Å². The van der Waals surface area contributed by atoms with Crippen LogP contribution in [0.3, 0.4) is 0 Å². The van der Waals surface area contributed by atoms with Gasteiger partial charge in [0.15, 0.2) is 0 Å². The topological polar surface area (TPSA) is 55.1 Å². The molecule has 0 aliphatic rings. The number of hydrogen-bond donors (Lipinski definition) is 2. The molecule has 0 radical (unpaired) electrons. The lowest BCUT2D eigenvalue weighted by atomic mass is 9.99. The first kappa shape index (κ1) is 18.9. The molecule has 0 saturated heterocycles. The van der Waals surface area contributed by atoms with Crippen molar-refractivity contribution in [2.45, 2.75) is 39.2 Å². The van der Waals surface area contributed by atoms with Gasteiger partial charge in [0.25, 0.3) is 0 Å². The quantitative estimate of drug-likeness (QED) is 0.849. The molecule has 0 bridgehead atoms. The highest BCUT2D eigenvalue weighted by atomic mass is 35.5. The van der Waals surface area contributed by atoms with Crippen molar-refractivity contribution in [3.8, 4) is 0 Å². The third-order valence-corrected chi connectivity index (χ3v) is 2.92. The number of nitrogens with two attached hydrogens (primary N) is 1. The Labute approximate surface area is 126 Å². The number of benzene rings is 1. The molecule has 0 spiro atoms. The molecule has 1 amide bonds. The van der Waals surface area contributed by atoms with E-state index in [2.05, 4.69) is 5.32 Å². The lowest BCUT2D eigenvalue weighted by molar-refractivity contribution is -0.124. The van der Waals surface area contributed by atoms with E-state index in [4.69, 9.17) is 5.73 Å². The number of nitrogens with one attached hydrogen (secondary N) is 1. The molecule has 0 saturated carbocycles. The van der Waals surface area contributed by atoms with Gasteiger partial charge in [0.05, 0.1) is 0 Å². The smallest absolute Gasteiger partial charge is 0.222 e. The summed E-state index contributed by atoms with van der Waals surface area (Å²) in [4.78, 5) is 11.8. The number of amides is 1. The fourth-order valence-electron chi connectivity index (χ4n) is 1.70. The molecule has 20 heavy (non-hydrogen) atoms. The number of aryl methyl sites for hydroxylation is 1. The van der Waals surface area contributed by atoms with E-state index in [0.717, 1.165) is 5.56 Å². The van der Waals surface area contributed by atoms with E-state index in [-0.39, 0.29) is 30.0 Å². The third-order valence-electron chi connectivity index (χ3n) is 2.92. The molecule has 0 aromatic heterocycles. The summed E-state index contributed by atoms with van der Waals surface area (Å²) in [5.74, 6) is -0.347. The van der Waals surface area contributed by atoms with E-state index in [0.29, 0.717) is 19.4 Å². The second-order valence-corrected chi connectivity index (χ2v) is 5.78. The van der Waals surface area contributed by atoms with Gasteiger partial charge in [0.2, 0.25) is 5.91 Å². The van der Waals surface area contributed by atoms with Crippen molar-refractivity contribution in [2.24, 2.45) is 11.7 Å². The summed E-state index contributed by atoms with van der Waals surface area (Å²) in [5.41, 5.74) is 6.32. The lowest BCUT2D eigenvalue weighted by Gasteiger charge is -2.20. The van der Waals surface area contributed by atoms with Gasteiger partial charge in [0, 0.05) is 18.0 Å². The Bertz CT molecular complexity index is 432. The summed E-state index contributed by atoms with van der Waals surface area (Å²) in [7, 11) is 0. The second-order valence-electron chi connectivity index (χ2n) is 5.78. The molecule has 0 fully saturated rings. The van der Waals surface area contributed by atoms with Crippen LogP contribution in [-0.4, -0.2) is 18.0 Å². The largest absolute Gasteiger partial charge is 0.354 e. The number of hydrogen-bond acceptors (Lipinski definition) is 2. The highest BCUT2D eigenvalue weighted by Gasteiger charge is 2.16. The molecule has 3 nitrogen and oxygen atoms in total. The fraction of sp³-hybridized carbons (Fsp3) is 0.533. The number of carbonyl (C=O) groups is 1. The average molecular weight is 303 g/mol. The zero-order valence-corrected chi connectivity index (χ0v) is 13.1. The fourth-order valence-corrected chi connectivity index (χ4v) is 1.70.